The molecule has 9 nitrogen and oxygen atoms in total. The summed E-state index contributed by atoms with van der Waals surface area (Å²) in [6, 6.07) is 36.2. The van der Waals surface area contributed by atoms with Crippen molar-refractivity contribution in [1.82, 2.24) is 4.90 Å². The first-order valence-electron chi connectivity index (χ1n) is 19.5. The van der Waals surface area contributed by atoms with Gasteiger partial charge in [0.1, 0.15) is 5.72 Å². The molecule has 0 unspecified atom stereocenters. The van der Waals surface area contributed by atoms with E-state index in [0.29, 0.717) is 19.3 Å². The quantitative estimate of drug-likeness (QED) is 0.116. The summed E-state index contributed by atoms with van der Waals surface area (Å²) in [7, 11) is 1.60. The number of hydrogen-bond donors (Lipinski definition) is 2. The van der Waals surface area contributed by atoms with E-state index < -0.39 is 5.72 Å². The summed E-state index contributed by atoms with van der Waals surface area (Å²) in [6.45, 7) is 11.3. The van der Waals surface area contributed by atoms with Crippen LogP contribution in [0.15, 0.2) is 122 Å². The fourth-order valence-corrected chi connectivity index (χ4v) is 7.28. The second-order valence-corrected chi connectivity index (χ2v) is 15.2. The van der Waals surface area contributed by atoms with E-state index >= 15 is 0 Å². The fraction of sp³-hybridized carbons (Fsp3) is 0.429. The molecular weight excluding hydrogens is 771 g/mol. The van der Waals surface area contributed by atoms with E-state index in [-0.39, 0.29) is 74.6 Å². The molecule has 2 aliphatic heterocycles. The summed E-state index contributed by atoms with van der Waals surface area (Å²) >= 11 is 5.19. The van der Waals surface area contributed by atoms with E-state index in [9.17, 15) is 14.7 Å². The van der Waals surface area contributed by atoms with Gasteiger partial charge in [0.15, 0.2) is 0 Å². The summed E-state index contributed by atoms with van der Waals surface area (Å²) in [5.41, 5.74) is 12.4. The summed E-state index contributed by atoms with van der Waals surface area (Å²) in [4.78, 5) is 25.4. The van der Waals surface area contributed by atoms with Gasteiger partial charge in [-0.3, -0.25) is 9.59 Å². The summed E-state index contributed by atoms with van der Waals surface area (Å²) < 4.78 is 15.7. The van der Waals surface area contributed by atoms with E-state index in [4.69, 9.17) is 26.8 Å². The molecule has 2 fully saturated rings. The molecule has 0 radical (unpaired) electrons. The van der Waals surface area contributed by atoms with Crippen LogP contribution in [0.5, 0.6) is 0 Å². The van der Waals surface area contributed by atoms with Crippen molar-refractivity contribution in [2.24, 2.45) is 5.73 Å². The van der Waals surface area contributed by atoms with Gasteiger partial charge in [0.25, 0.3) is 0 Å². The van der Waals surface area contributed by atoms with Crippen molar-refractivity contribution < 1.29 is 53.2 Å². The van der Waals surface area contributed by atoms with Crippen molar-refractivity contribution in [2.45, 2.75) is 117 Å². The molecular formula is C49H68ClLiN2O7. The van der Waals surface area contributed by atoms with Crippen LogP contribution in [0.2, 0.25) is 0 Å². The SMILES string of the molecule is C.C.C1CCOC1.C=C(C)OC.CC1(C)O[C@@H]2Cc3ccccc3[C@@H]2N1C(=O)CCc1ccccc1.N[C@H]1c2ccccc2C[C@H]1O.O=C(Cl)CCc1ccccc1.[Li+].[OH-]. The Morgan fingerprint density at radius 1 is 0.817 bits per heavy atom. The topological polar surface area (TPSA) is 141 Å². The van der Waals surface area contributed by atoms with E-state index in [1.54, 1.807) is 14.0 Å². The number of amides is 1. The molecule has 2 aliphatic carbocycles. The van der Waals surface area contributed by atoms with E-state index in [1.807, 2.05) is 91.5 Å². The number of halogens is 1. The number of hydrogen-bond acceptors (Lipinski definition) is 8. The molecule has 2 heterocycles. The average Bonchev–Trinajstić information content (AvgIpc) is 4.00. The molecule has 4 aliphatic rings. The zero-order valence-electron chi connectivity index (χ0n) is 34.8. The Kier molecular flexibility index (Phi) is 26.9. The van der Waals surface area contributed by atoms with Crippen molar-refractivity contribution in [1.29, 1.82) is 0 Å². The van der Waals surface area contributed by atoms with Gasteiger partial charge in [0.2, 0.25) is 11.1 Å². The molecule has 324 valence electrons. The molecule has 0 saturated carbocycles. The molecule has 0 aromatic heterocycles. The molecule has 11 heteroatoms. The van der Waals surface area contributed by atoms with Crippen LogP contribution in [0, 0.1) is 0 Å². The van der Waals surface area contributed by atoms with Crippen molar-refractivity contribution >= 4 is 22.8 Å². The van der Waals surface area contributed by atoms with Crippen LogP contribution >= 0.6 is 11.6 Å². The minimum atomic E-state index is -0.545. The van der Waals surface area contributed by atoms with Gasteiger partial charge in [-0.1, -0.05) is 131 Å². The van der Waals surface area contributed by atoms with E-state index in [2.05, 4.69) is 47.7 Å². The maximum Gasteiger partial charge on any atom is 1.00 e. The van der Waals surface area contributed by atoms with E-state index in [0.717, 1.165) is 49.4 Å². The second kappa shape index (κ2) is 28.7. The standard InChI is InChI=1S/C21H23NO2.C9H9ClO.C9H11NO.2C4H8O.2CH4.Li.H2O/c1-21(2)22(19(23)13-12-15-8-4-3-5-9-15)20-17-11-7-6-10-16(17)14-18(20)24-21;10-9(11)7-6-8-4-2-1-3-5-8;10-9-7-4-2-1-3-6(7)5-8(9)11;1-2-4-5-3-1;1-4(2)5-3;;;;/h3-11,18,20H,12-14H2,1-2H3;1-5H,6-7H2;1-4,8-9,11H,5,10H2;1-4H2;1H2,2-3H3;2*1H4;;1H2/q;;;;;;;+1;/p-1/t18-,20+;;8-,9+;;;;;;/m1.1....../s1. The van der Waals surface area contributed by atoms with Crippen molar-refractivity contribution in [2.75, 3.05) is 20.3 Å². The summed E-state index contributed by atoms with van der Waals surface area (Å²) in [6.07, 6.45) is 6.30. The Hall–Kier alpha value is -3.75. The smallest absolute Gasteiger partial charge is 0.870 e. The Balaban J connectivity index is 0.000000816. The first-order valence-corrected chi connectivity index (χ1v) is 19.9. The first-order chi connectivity index (χ1) is 26.9. The van der Waals surface area contributed by atoms with Crippen molar-refractivity contribution in [3.63, 3.8) is 0 Å². The monoisotopic (exact) mass is 838 g/mol. The van der Waals surface area contributed by atoms with Gasteiger partial charge >= 0.3 is 18.9 Å². The number of fused-ring (bicyclic) bond motifs is 4. The number of aliphatic hydroxyl groups is 1. The molecule has 1 amide bonds. The number of methoxy groups -OCH3 is 1. The third kappa shape index (κ3) is 17.3. The summed E-state index contributed by atoms with van der Waals surface area (Å²) in [5.74, 6) is 0.929. The zero-order valence-corrected chi connectivity index (χ0v) is 35.6. The van der Waals surface area contributed by atoms with Crippen molar-refractivity contribution in [3.05, 3.63) is 155 Å². The molecule has 4 aromatic rings. The van der Waals surface area contributed by atoms with Gasteiger partial charge in [0, 0.05) is 38.9 Å². The van der Waals surface area contributed by atoms with Crippen molar-refractivity contribution in [3.8, 4) is 0 Å². The number of allylic oxidation sites excluding steroid dienone is 1. The number of carbonyl (C=O) groups is 2. The number of rotatable bonds is 7. The number of ether oxygens (including phenoxy) is 3. The molecule has 0 bridgehead atoms. The minimum absolute atomic E-state index is 0. The molecule has 8 rings (SSSR count). The van der Waals surface area contributed by atoms with Gasteiger partial charge in [-0.05, 0) is 91.4 Å². The third-order valence-corrected chi connectivity index (χ3v) is 10.3. The Bertz CT molecular complexity index is 1820. The zero-order chi connectivity index (χ0) is 40.5. The van der Waals surface area contributed by atoms with Gasteiger partial charge in [-0.25, -0.2) is 0 Å². The Morgan fingerprint density at radius 3 is 1.72 bits per heavy atom. The van der Waals surface area contributed by atoms with Gasteiger partial charge in [-0.15, -0.1) is 0 Å². The van der Waals surface area contributed by atoms with Gasteiger partial charge in [-0.2, -0.15) is 0 Å². The molecule has 60 heavy (non-hydrogen) atoms. The number of carbonyl (C=O) groups excluding carboxylic acids is 2. The minimum Gasteiger partial charge on any atom is -0.870 e. The van der Waals surface area contributed by atoms with Crippen LogP contribution < -0.4 is 24.6 Å². The number of aryl methyl sites for hydroxylation is 2. The first kappa shape index (κ1) is 56.2. The molecule has 0 spiro atoms. The largest absolute Gasteiger partial charge is 1.00 e. The molecule has 2 saturated heterocycles. The van der Waals surface area contributed by atoms with Gasteiger partial charge in [0.05, 0.1) is 37.2 Å². The van der Waals surface area contributed by atoms with Gasteiger partial charge < -0.3 is 35.4 Å². The van der Waals surface area contributed by atoms with Crippen LogP contribution in [-0.2, 0) is 49.5 Å². The fourth-order valence-electron chi connectivity index (χ4n) is 7.19. The van der Waals surface area contributed by atoms with Crippen LogP contribution in [0.1, 0.15) is 107 Å². The average molecular weight is 839 g/mol. The third-order valence-electron chi connectivity index (χ3n) is 10.1. The predicted octanol–water partition coefficient (Wildman–Crippen LogP) is 6.93. The molecule has 4 aromatic carbocycles. The normalized spacial score (nSPS) is 19.1. The van der Waals surface area contributed by atoms with Crippen LogP contribution in [0.25, 0.3) is 0 Å². The number of nitrogens with two attached hydrogens (primary N) is 1. The van der Waals surface area contributed by atoms with E-state index in [1.165, 1.54) is 35.1 Å². The Labute approximate surface area is 377 Å². The number of aliphatic hydroxyl groups excluding tert-OH is 1. The number of nitrogens with zero attached hydrogens (tertiary/aromatic N) is 1. The van der Waals surface area contributed by atoms with Crippen LogP contribution in [0.3, 0.4) is 0 Å². The maximum absolute atomic E-state index is 13.0. The molecule has 4 atom stereocenters. The second-order valence-electron chi connectivity index (χ2n) is 14.8. The Morgan fingerprint density at radius 2 is 1.27 bits per heavy atom. The predicted molar refractivity (Wildman–Crippen MR) is 239 cm³/mol. The number of benzene rings is 4. The van der Waals surface area contributed by atoms with Crippen LogP contribution in [0.4, 0.5) is 0 Å². The van der Waals surface area contributed by atoms with Crippen LogP contribution in [-0.4, -0.2) is 64.9 Å². The summed E-state index contributed by atoms with van der Waals surface area (Å²) in [5, 5.41) is 9.12. The molecule has 4 N–H and O–H groups in total. The maximum atomic E-state index is 13.0.